The first-order valence-electron chi connectivity index (χ1n) is 6.97. The molecule has 0 aliphatic rings. The molecule has 1 aromatic carbocycles. The minimum atomic E-state index is -0.267. The third kappa shape index (κ3) is 5.19. The van der Waals surface area contributed by atoms with Gasteiger partial charge in [-0.1, -0.05) is 19.1 Å². The molecule has 0 bridgehead atoms. The number of benzene rings is 1. The van der Waals surface area contributed by atoms with Gasteiger partial charge in [0, 0.05) is 12.2 Å². The van der Waals surface area contributed by atoms with Crippen molar-refractivity contribution in [2.45, 2.75) is 20.8 Å². The molecule has 0 fully saturated rings. The van der Waals surface area contributed by atoms with Crippen LogP contribution in [0.4, 0.5) is 5.69 Å². The first-order valence-corrected chi connectivity index (χ1v) is 6.97. The van der Waals surface area contributed by atoms with Gasteiger partial charge in [0.25, 0.3) is 0 Å². The first-order chi connectivity index (χ1) is 9.85. The topological polar surface area (TPSA) is 58.6 Å². The Morgan fingerprint density at radius 3 is 2.62 bits per heavy atom. The maximum absolute atomic E-state index is 12.0. The third-order valence-corrected chi connectivity index (χ3v) is 3.48. The maximum atomic E-state index is 12.0. The van der Waals surface area contributed by atoms with Gasteiger partial charge in [-0.2, -0.15) is 0 Å². The molecule has 1 amide bonds. The zero-order valence-corrected chi connectivity index (χ0v) is 13.4. The van der Waals surface area contributed by atoms with Crippen molar-refractivity contribution in [3.8, 4) is 0 Å². The molecular weight excluding hydrogens is 268 g/mol. The summed E-state index contributed by atoms with van der Waals surface area (Å²) in [6.07, 6.45) is 0. The number of amides is 1. The van der Waals surface area contributed by atoms with E-state index < -0.39 is 0 Å². The second-order valence-corrected chi connectivity index (χ2v) is 5.42. The molecule has 0 saturated carbocycles. The third-order valence-electron chi connectivity index (χ3n) is 3.48. The molecule has 1 rings (SSSR count). The van der Waals surface area contributed by atoms with E-state index in [9.17, 15) is 9.59 Å². The minimum absolute atomic E-state index is 0.0942. The summed E-state index contributed by atoms with van der Waals surface area (Å²) in [5.41, 5.74) is 3.03. The SMILES string of the molecule is COC(=O)C(C)CN(C)CC(=O)Nc1cccc(C)c1C. The van der Waals surface area contributed by atoms with Gasteiger partial charge in [0.05, 0.1) is 19.6 Å². The lowest BCUT2D eigenvalue weighted by molar-refractivity contribution is -0.145. The molecule has 0 heterocycles. The van der Waals surface area contributed by atoms with E-state index in [1.165, 1.54) is 7.11 Å². The van der Waals surface area contributed by atoms with Gasteiger partial charge >= 0.3 is 5.97 Å². The molecule has 1 N–H and O–H groups in total. The fourth-order valence-electron chi connectivity index (χ4n) is 2.13. The molecule has 1 aromatic rings. The van der Waals surface area contributed by atoms with Gasteiger partial charge in [0.15, 0.2) is 0 Å². The molecule has 1 atom stereocenters. The van der Waals surface area contributed by atoms with Crippen LogP contribution in [-0.4, -0.2) is 44.0 Å². The van der Waals surface area contributed by atoms with E-state index in [0.29, 0.717) is 6.54 Å². The molecule has 5 nitrogen and oxygen atoms in total. The lowest BCUT2D eigenvalue weighted by atomic mass is 10.1. The number of carbonyl (C=O) groups excluding carboxylic acids is 2. The quantitative estimate of drug-likeness (QED) is 0.815. The van der Waals surface area contributed by atoms with Crippen molar-refractivity contribution in [1.29, 1.82) is 0 Å². The van der Waals surface area contributed by atoms with Crippen LogP contribution in [0.15, 0.2) is 18.2 Å². The van der Waals surface area contributed by atoms with E-state index in [4.69, 9.17) is 0 Å². The van der Waals surface area contributed by atoms with Gasteiger partial charge in [-0.25, -0.2) is 0 Å². The number of likely N-dealkylation sites (N-methyl/N-ethyl adjacent to an activating group) is 1. The van der Waals surface area contributed by atoms with E-state index in [-0.39, 0.29) is 24.3 Å². The van der Waals surface area contributed by atoms with Crippen molar-refractivity contribution in [2.24, 2.45) is 5.92 Å². The Labute approximate surface area is 126 Å². The zero-order valence-electron chi connectivity index (χ0n) is 13.4. The van der Waals surface area contributed by atoms with Crippen LogP contribution in [0.3, 0.4) is 0 Å². The number of rotatable bonds is 6. The Morgan fingerprint density at radius 2 is 2.00 bits per heavy atom. The van der Waals surface area contributed by atoms with Crippen molar-refractivity contribution in [1.82, 2.24) is 4.90 Å². The number of anilines is 1. The largest absolute Gasteiger partial charge is 0.469 e. The van der Waals surface area contributed by atoms with E-state index in [1.807, 2.05) is 44.0 Å². The van der Waals surface area contributed by atoms with E-state index in [0.717, 1.165) is 16.8 Å². The van der Waals surface area contributed by atoms with Crippen LogP contribution in [0.1, 0.15) is 18.1 Å². The summed E-state index contributed by atoms with van der Waals surface area (Å²) >= 11 is 0. The normalized spacial score (nSPS) is 12.1. The summed E-state index contributed by atoms with van der Waals surface area (Å²) in [6, 6.07) is 5.81. The lowest BCUT2D eigenvalue weighted by Gasteiger charge is -2.20. The Bertz CT molecular complexity index is 514. The fraction of sp³-hybridized carbons (Fsp3) is 0.500. The Kier molecular flexibility index (Phi) is 6.37. The number of hydrogen-bond acceptors (Lipinski definition) is 4. The predicted molar refractivity (Wildman–Crippen MR) is 83.2 cm³/mol. The molecule has 116 valence electrons. The summed E-state index contributed by atoms with van der Waals surface area (Å²) in [5.74, 6) is -0.617. The highest BCUT2D eigenvalue weighted by molar-refractivity contribution is 5.93. The number of hydrogen-bond donors (Lipinski definition) is 1. The predicted octanol–water partition coefficient (Wildman–Crippen LogP) is 1.98. The van der Waals surface area contributed by atoms with E-state index in [1.54, 1.807) is 6.92 Å². The van der Waals surface area contributed by atoms with Gasteiger partial charge in [-0.3, -0.25) is 14.5 Å². The smallest absolute Gasteiger partial charge is 0.309 e. The van der Waals surface area contributed by atoms with E-state index >= 15 is 0 Å². The highest BCUT2D eigenvalue weighted by atomic mass is 16.5. The average molecular weight is 292 g/mol. The number of nitrogens with one attached hydrogen (secondary N) is 1. The van der Waals surface area contributed by atoms with Crippen LogP contribution in [0.2, 0.25) is 0 Å². The number of ether oxygens (including phenoxy) is 1. The van der Waals surface area contributed by atoms with Crippen molar-refractivity contribution >= 4 is 17.6 Å². The maximum Gasteiger partial charge on any atom is 0.309 e. The van der Waals surface area contributed by atoms with Crippen LogP contribution in [0, 0.1) is 19.8 Å². The number of esters is 1. The van der Waals surface area contributed by atoms with Crippen LogP contribution < -0.4 is 5.32 Å². The van der Waals surface area contributed by atoms with Crippen LogP contribution in [-0.2, 0) is 14.3 Å². The second-order valence-electron chi connectivity index (χ2n) is 5.42. The molecule has 0 aromatic heterocycles. The molecule has 0 saturated heterocycles. The summed E-state index contributed by atoms with van der Waals surface area (Å²) in [4.78, 5) is 25.2. The summed E-state index contributed by atoms with van der Waals surface area (Å²) in [6.45, 7) is 6.48. The van der Waals surface area contributed by atoms with Crippen molar-refractivity contribution in [3.63, 3.8) is 0 Å². The molecule has 0 radical (unpaired) electrons. The molecule has 21 heavy (non-hydrogen) atoms. The van der Waals surface area contributed by atoms with E-state index in [2.05, 4.69) is 10.1 Å². The summed E-state index contributed by atoms with van der Waals surface area (Å²) in [5, 5.41) is 2.90. The standard InChI is InChI=1S/C16H24N2O3/c1-11-7-6-8-14(13(11)3)17-15(19)10-18(4)9-12(2)16(20)21-5/h6-8,12H,9-10H2,1-5H3,(H,17,19). The highest BCUT2D eigenvalue weighted by Gasteiger charge is 2.17. The second kappa shape index (κ2) is 7.78. The molecule has 0 aliphatic heterocycles. The Hall–Kier alpha value is -1.88. The average Bonchev–Trinajstić information content (AvgIpc) is 2.42. The molecule has 0 spiro atoms. The van der Waals surface area contributed by atoms with Gasteiger partial charge in [0.2, 0.25) is 5.91 Å². The highest BCUT2D eigenvalue weighted by Crippen LogP contribution is 2.17. The molecule has 1 unspecified atom stereocenters. The lowest BCUT2D eigenvalue weighted by Crippen LogP contribution is -2.35. The number of nitrogens with zero attached hydrogens (tertiary/aromatic N) is 1. The van der Waals surface area contributed by atoms with Crippen molar-refractivity contribution < 1.29 is 14.3 Å². The monoisotopic (exact) mass is 292 g/mol. The van der Waals surface area contributed by atoms with Gasteiger partial charge < -0.3 is 10.1 Å². The van der Waals surface area contributed by atoms with Crippen molar-refractivity contribution in [3.05, 3.63) is 29.3 Å². The van der Waals surface area contributed by atoms with Crippen LogP contribution in [0.25, 0.3) is 0 Å². The fourth-order valence-corrected chi connectivity index (χ4v) is 2.13. The zero-order chi connectivity index (χ0) is 16.0. The summed E-state index contributed by atoms with van der Waals surface area (Å²) in [7, 11) is 3.17. The Balaban J connectivity index is 2.53. The molecule has 0 aliphatic carbocycles. The van der Waals surface area contributed by atoms with Gasteiger partial charge in [-0.05, 0) is 38.1 Å². The number of carbonyl (C=O) groups is 2. The minimum Gasteiger partial charge on any atom is -0.469 e. The number of methoxy groups -OCH3 is 1. The Morgan fingerprint density at radius 1 is 1.33 bits per heavy atom. The summed E-state index contributed by atoms with van der Waals surface area (Å²) < 4.78 is 4.68. The van der Waals surface area contributed by atoms with Crippen LogP contribution >= 0.6 is 0 Å². The molecular formula is C16H24N2O3. The van der Waals surface area contributed by atoms with Gasteiger partial charge in [0.1, 0.15) is 0 Å². The van der Waals surface area contributed by atoms with Crippen LogP contribution in [0.5, 0.6) is 0 Å². The molecule has 5 heteroatoms. The van der Waals surface area contributed by atoms with Gasteiger partial charge in [-0.15, -0.1) is 0 Å². The van der Waals surface area contributed by atoms with Crippen molar-refractivity contribution in [2.75, 3.05) is 32.6 Å². The number of aryl methyl sites for hydroxylation is 1. The first kappa shape index (κ1) is 17.2.